The molecule has 0 bridgehead atoms. The summed E-state index contributed by atoms with van der Waals surface area (Å²) in [5, 5.41) is 20.8. The molecule has 0 radical (unpaired) electrons. The predicted molar refractivity (Wildman–Crippen MR) is 235 cm³/mol. The zero-order valence-corrected chi connectivity index (χ0v) is 31.4. The van der Waals surface area contributed by atoms with Gasteiger partial charge in [0.1, 0.15) is 12.1 Å². The Kier molecular flexibility index (Phi) is 10.9. The predicted octanol–water partition coefficient (Wildman–Crippen LogP) is 13.6. The SMILES string of the molecule is N#CC(=C(c1ccccc1)c1ccccc1)c1ccc(-c2ccc(Cc3ccc(-c4ccc(C(C#N)=C(c5ccccc5)c5ccccc5)cc4)cc3)cc2)cc1. The monoisotopic (exact) mass is 726 g/mol. The van der Waals surface area contributed by atoms with Crippen molar-refractivity contribution in [3.63, 3.8) is 0 Å². The molecule has 0 aromatic heterocycles. The van der Waals surface area contributed by atoms with E-state index in [0.29, 0.717) is 11.1 Å². The average Bonchev–Trinajstić information content (AvgIpc) is 3.29. The van der Waals surface area contributed by atoms with Crippen LogP contribution in [0, 0.1) is 22.7 Å². The maximum atomic E-state index is 10.4. The van der Waals surface area contributed by atoms with Crippen molar-refractivity contribution in [1.82, 2.24) is 0 Å². The van der Waals surface area contributed by atoms with Crippen LogP contribution in [0.4, 0.5) is 0 Å². The molecule has 2 heteroatoms. The second-order valence-corrected chi connectivity index (χ2v) is 13.9. The van der Waals surface area contributed by atoms with Crippen LogP contribution in [-0.2, 0) is 6.42 Å². The number of benzene rings is 8. The van der Waals surface area contributed by atoms with E-state index in [4.69, 9.17) is 0 Å². The fourth-order valence-electron chi connectivity index (χ4n) is 7.38. The van der Waals surface area contributed by atoms with Gasteiger partial charge in [0.15, 0.2) is 0 Å². The Labute approximate surface area is 335 Å². The minimum Gasteiger partial charge on any atom is -0.192 e. The van der Waals surface area contributed by atoms with Crippen molar-refractivity contribution < 1.29 is 0 Å². The molecule has 0 atom stereocenters. The first-order valence-corrected chi connectivity index (χ1v) is 19.1. The molecule has 0 N–H and O–H groups in total. The molecule has 57 heavy (non-hydrogen) atoms. The summed E-state index contributed by atoms with van der Waals surface area (Å²) in [7, 11) is 0. The Bertz CT molecular complexity index is 2450. The molecule has 8 rings (SSSR count). The largest absolute Gasteiger partial charge is 0.192 e. The van der Waals surface area contributed by atoms with Crippen molar-refractivity contribution in [2.24, 2.45) is 0 Å². The van der Waals surface area contributed by atoms with E-state index in [0.717, 1.165) is 73.2 Å². The van der Waals surface area contributed by atoms with Gasteiger partial charge in [0.25, 0.3) is 0 Å². The summed E-state index contributed by atoms with van der Waals surface area (Å²) in [6.07, 6.45) is 0.828. The summed E-state index contributed by atoms with van der Waals surface area (Å²) in [4.78, 5) is 0. The van der Waals surface area contributed by atoms with Crippen molar-refractivity contribution in [2.75, 3.05) is 0 Å². The maximum absolute atomic E-state index is 10.4. The third-order valence-corrected chi connectivity index (χ3v) is 10.3. The number of hydrogen-bond acceptors (Lipinski definition) is 2. The van der Waals surface area contributed by atoms with E-state index in [-0.39, 0.29) is 0 Å². The number of rotatable bonds is 10. The van der Waals surface area contributed by atoms with Gasteiger partial charge >= 0.3 is 0 Å². The van der Waals surface area contributed by atoms with Crippen LogP contribution in [0.3, 0.4) is 0 Å². The summed E-state index contributed by atoms with van der Waals surface area (Å²) < 4.78 is 0. The molecule has 0 amide bonds. The molecule has 8 aromatic carbocycles. The molecule has 0 fully saturated rings. The van der Waals surface area contributed by atoms with Gasteiger partial charge in [-0.25, -0.2) is 0 Å². The molecule has 0 aliphatic carbocycles. The highest BCUT2D eigenvalue weighted by Gasteiger charge is 2.16. The molecule has 268 valence electrons. The minimum atomic E-state index is 0.652. The Morgan fingerprint density at radius 2 is 0.526 bits per heavy atom. The normalized spacial score (nSPS) is 10.5. The van der Waals surface area contributed by atoms with Gasteiger partial charge in [-0.15, -0.1) is 0 Å². The molecule has 0 saturated carbocycles. The van der Waals surface area contributed by atoms with Gasteiger partial charge in [0.05, 0.1) is 11.1 Å². The standard InChI is InChI=1S/C55H38N2/c56-38-52(54(48-13-5-1-6-14-48)49-15-7-2-8-16-49)46-33-29-44(30-34-46)42-25-21-40(22-26-42)37-41-23-27-43(28-24-41)45-31-35-47(36-32-45)53(39-57)55(50-17-9-3-10-18-50)51-19-11-4-12-20-51/h1-36H,37H2. The van der Waals surface area contributed by atoms with Crippen molar-refractivity contribution in [1.29, 1.82) is 10.5 Å². The fourth-order valence-corrected chi connectivity index (χ4v) is 7.38. The molecule has 0 spiro atoms. The number of nitriles is 2. The highest BCUT2D eigenvalue weighted by molar-refractivity contribution is 6.04. The zero-order chi connectivity index (χ0) is 38.8. The zero-order valence-electron chi connectivity index (χ0n) is 31.4. The Morgan fingerprint density at radius 1 is 0.281 bits per heavy atom. The van der Waals surface area contributed by atoms with Crippen LogP contribution in [0.1, 0.15) is 44.5 Å². The summed E-state index contributed by atoms with van der Waals surface area (Å²) in [5.74, 6) is 0. The number of allylic oxidation sites excluding steroid dienone is 2. The van der Waals surface area contributed by atoms with Crippen LogP contribution in [0.15, 0.2) is 218 Å². The van der Waals surface area contributed by atoms with Crippen LogP contribution < -0.4 is 0 Å². The molecule has 0 aliphatic heterocycles. The second kappa shape index (κ2) is 17.1. The van der Waals surface area contributed by atoms with E-state index in [1.54, 1.807) is 0 Å². The summed E-state index contributed by atoms with van der Waals surface area (Å²) >= 11 is 0. The Morgan fingerprint density at radius 3 is 0.772 bits per heavy atom. The van der Waals surface area contributed by atoms with Gasteiger partial charge < -0.3 is 0 Å². The van der Waals surface area contributed by atoms with E-state index in [1.165, 1.54) is 11.1 Å². The lowest BCUT2D eigenvalue weighted by Gasteiger charge is -2.13. The third-order valence-electron chi connectivity index (χ3n) is 10.3. The number of hydrogen-bond donors (Lipinski definition) is 0. The molecular formula is C55H38N2. The highest BCUT2D eigenvalue weighted by atomic mass is 14.3. The first kappa shape index (κ1) is 36.2. The minimum absolute atomic E-state index is 0.652. The van der Waals surface area contributed by atoms with Crippen molar-refractivity contribution in [3.05, 3.63) is 263 Å². The summed E-state index contributed by atoms with van der Waals surface area (Å²) in [5.41, 5.74) is 16.0. The Balaban J connectivity index is 0.972. The van der Waals surface area contributed by atoms with Crippen LogP contribution in [0.2, 0.25) is 0 Å². The van der Waals surface area contributed by atoms with Crippen LogP contribution >= 0.6 is 0 Å². The van der Waals surface area contributed by atoms with E-state index in [2.05, 4.69) is 158 Å². The smallest absolute Gasteiger partial charge is 0.100 e. The van der Waals surface area contributed by atoms with Gasteiger partial charge in [0.2, 0.25) is 0 Å². The van der Waals surface area contributed by atoms with Crippen LogP contribution in [0.25, 0.3) is 44.5 Å². The average molecular weight is 727 g/mol. The molecule has 2 nitrogen and oxygen atoms in total. The highest BCUT2D eigenvalue weighted by Crippen LogP contribution is 2.35. The van der Waals surface area contributed by atoms with E-state index >= 15 is 0 Å². The maximum Gasteiger partial charge on any atom is 0.100 e. The summed E-state index contributed by atoms with van der Waals surface area (Å²) in [6.45, 7) is 0. The van der Waals surface area contributed by atoms with Gasteiger partial charge in [-0.1, -0.05) is 218 Å². The van der Waals surface area contributed by atoms with Gasteiger partial charge in [0, 0.05) is 11.1 Å². The molecular weight excluding hydrogens is 689 g/mol. The van der Waals surface area contributed by atoms with Gasteiger partial charge in [-0.05, 0) is 73.2 Å². The fraction of sp³-hybridized carbons (Fsp3) is 0.0182. The topological polar surface area (TPSA) is 47.6 Å². The van der Waals surface area contributed by atoms with E-state index in [9.17, 15) is 10.5 Å². The number of nitrogens with zero attached hydrogens (tertiary/aromatic N) is 2. The van der Waals surface area contributed by atoms with Crippen molar-refractivity contribution >= 4 is 22.3 Å². The van der Waals surface area contributed by atoms with Crippen LogP contribution in [0.5, 0.6) is 0 Å². The van der Waals surface area contributed by atoms with Crippen molar-refractivity contribution in [3.8, 4) is 34.4 Å². The molecule has 0 aliphatic rings. The lowest BCUT2D eigenvalue weighted by molar-refractivity contribution is 1.19. The lowest BCUT2D eigenvalue weighted by atomic mass is 9.89. The third kappa shape index (κ3) is 8.18. The molecule has 8 aromatic rings. The van der Waals surface area contributed by atoms with Gasteiger partial charge in [-0.2, -0.15) is 10.5 Å². The van der Waals surface area contributed by atoms with Crippen LogP contribution in [-0.4, -0.2) is 0 Å². The molecule has 0 unspecified atom stereocenters. The molecule has 0 heterocycles. The van der Waals surface area contributed by atoms with Gasteiger partial charge in [-0.3, -0.25) is 0 Å². The summed E-state index contributed by atoms with van der Waals surface area (Å²) in [6, 6.07) is 79.6. The first-order valence-electron chi connectivity index (χ1n) is 19.1. The lowest BCUT2D eigenvalue weighted by Crippen LogP contribution is -1.94. The quantitative estimate of drug-likeness (QED) is 0.104. The van der Waals surface area contributed by atoms with E-state index in [1.807, 2.05) is 72.8 Å². The van der Waals surface area contributed by atoms with E-state index < -0.39 is 0 Å². The second-order valence-electron chi connectivity index (χ2n) is 13.9. The Hall–Kier alpha value is -7.78. The van der Waals surface area contributed by atoms with Crippen molar-refractivity contribution in [2.45, 2.75) is 6.42 Å². The molecule has 0 saturated heterocycles. The first-order chi connectivity index (χ1) is 28.2.